The van der Waals surface area contributed by atoms with Crippen LogP contribution in [0.2, 0.25) is 0 Å². The number of carbonyl (C=O) groups is 1. The molecule has 0 spiro atoms. The molecule has 0 aromatic heterocycles. The maximum absolute atomic E-state index is 12.2. The molecule has 2 atom stereocenters. The Morgan fingerprint density at radius 2 is 2.24 bits per heavy atom. The van der Waals surface area contributed by atoms with Crippen LogP contribution in [0.3, 0.4) is 0 Å². The zero-order chi connectivity index (χ0) is 18.3. The molecule has 1 aromatic carbocycles. The number of nitrogens with one attached hydrogen (secondary N) is 3. The molecule has 3 N–H and O–H groups in total. The fourth-order valence-corrected chi connectivity index (χ4v) is 3.59. The third kappa shape index (κ3) is 5.75. The van der Waals surface area contributed by atoms with E-state index in [4.69, 9.17) is 9.47 Å². The normalized spacial score (nSPS) is 21.0. The molecule has 0 bridgehead atoms. The Hall–Kier alpha value is -1.52. The molecule has 0 unspecified atom stereocenters. The summed E-state index contributed by atoms with van der Waals surface area (Å²) >= 11 is 0. The summed E-state index contributed by atoms with van der Waals surface area (Å²) in [5, 5.41) is 5.93. The number of ether oxygens (including phenoxy) is 2. The van der Waals surface area contributed by atoms with Gasteiger partial charge in [0.15, 0.2) is 0 Å². The molecule has 1 fully saturated rings. The number of hydrogen-bond donors (Lipinski definition) is 3. The smallest absolute Gasteiger partial charge is 0.240 e. The Balaban J connectivity index is 1.96. The van der Waals surface area contributed by atoms with E-state index in [0.29, 0.717) is 25.3 Å². The highest BCUT2D eigenvalue weighted by Gasteiger charge is 2.27. The zero-order valence-corrected chi connectivity index (χ0v) is 15.3. The minimum Gasteiger partial charge on any atom is -0.383 e. The minimum atomic E-state index is -3.60. The van der Waals surface area contributed by atoms with E-state index in [2.05, 4.69) is 15.4 Å². The third-order valence-corrected chi connectivity index (χ3v) is 5.33. The number of hydrogen-bond acceptors (Lipinski definition) is 6. The highest BCUT2D eigenvalue weighted by molar-refractivity contribution is 7.89. The lowest BCUT2D eigenvalue weighted by Gasteiger charge is -2.29. The maximum Gasteiger partial charge on any atom is 0.240 e. The predicted octanol–water partition coefficient (Wildman–Crippen LogP) is -0.396. The van der Waals surface area contributed by atoms with Gasteiger partial charge in [-0.05, 0) is 24.6 Å². The van der Waals surface area contributed by atoms with Crippen molar-refractivity contribution in [2.75, 3.05) is 33.4 Å². The molecule has 9 heteroatoms. The summed E-state index contributed by atoms with van der Waals surface area (Å²) < 4.78 is 37.2. The number of amides is 1. The van der Waals surface area contributed by atoms with Crippen LogP contribution in [0.4, 0.5) is 0 Å². The van der Waals surface area contributed by atoms with Crippen molar-refractivity contribution >= 4 is 15.9 Å². The van der Waals surface area contributed by atoms with Crippen molar-refractivity contribution in [1.29, 1.82) is 0 Å². The van der Waals surface area contributed by atoms with E-state index in [-0.39, 0.29) is 30.0 Å². The quantitative estimate of drug-likeness (QED) is 0.537. The van der Waals surface area contributed by atoms with Crippen LogP contribution < -0.4 is 15.4 Å². The number of benzene rings is 1. The summed E-state index contributed by atoms with van der Waals surface area (Å²) in [6, 6.07) is 6.07. The zero-order valence-electron chi connectivity index (χ0n) is 14.4. The maximum atomic E-state index is 12.2. The average molecular weight is 371 g/mol. The van der Waals surface area contributed by atoms with Crippen LogP contribution in [-0.4, -0.2) is 59.9 Å². The first kappa shape index (κ1) is 19.8. The van der Waals surface area contributed by atoms with E-state index >= 15 is 0 Å². The summed E-state index contributed by atoms with van der Waals surface area (Å²) in [5.41, 5.74) is 0.701. The SMILES string of the molecule is COCCNS(=O)(=O)c1cccc(CNC(=O)[C@H]2NCCO[C@@H]2C)c1. The summed E-state index contributed by atoms with van der Waals surface area (Å²) in [7, 11) is -2.09. The first-order chi connectivity index (χ1) is 11.9. The summed E-state index contributed by atoms with van der Waals surface area (Å²) in [4.78, 5) is 12.4. The summed E-state index contributed by atoms with van der Waals surface area (Å²) in [6.07, 6.45) is -0.203. The van der Waals surface area contributed by atoms with Gasteiger partial charge in [-0.1, -0.05) is 12.1 Å². The lowest BCUT2D eigenvalue weighted by atomic mass is 10.1. The van der Waals surface area contributed by atoms with E-state index in [0.717, 1.165) is 0 Å². The van der Waals surface area contributed by atoms with Gasteiger partial charge in [0.25, 0.3) is 0 Å². The molecule has 2 rings (SSSR count). The van der Waals surface area contributed by atoms with E-state index in [1.807, 2.05) is 6.92 Å². The van der Waals surface area contributed by atoms with Crippen molar-refractivity contribution in [2.24, 2.45) is 0 Å². The Kier molecular flexibility index (Phi) is 7.33. The number of rotatable bonds is 8. The standard InChI is InChI=1S/C16H25N3O5S/c1-12-15(17-6-9-24-12)16(20)18-11-13-4-3-5-14(10-13)25(21,22)19-7-8-23-2/h3-5,10,12,15,17,19H,6-9,11H2,1-2H3,(H,18,20)/t12-,15+/m1/s1. The van der Waals surface area contributed by atoms with E-state index in [9.17, 15) is 13.2 Å². The van der Waals surface area contributed by atoms with Crippen LogP contribution in [-0.2, 0) is 30.8 Å². The summed E-state index contributed by atoms with van der Waals surface area (Å²) in [5.74, 6) is -0.168. The second kappa shape index (κ2) is 9.25. The Bertz CT molecular complexity index is 680. The molecule has 1 aliphatic rings. The lowest BCUT2D eigenvalue weighted by Crippen LogP contribution is -2.55. The van der Waals surface area contributed by atoms with Gasteiger partial charge in [-0.2, -0.15) is 0 Å². The van der Waals surface area contributed by atoms with Crippen molar-refractivity contribution < 1.29 is 22.7 Å². The molecule has 0 aliphatic carbocycles. The van der Waals surface area contributed by atoms with Crippen LogP contribution in [0.15, 0.2) is 29.2 Å². The molecular formula is C16H25N3O5S. The lowest BCUT2D eigenvalue weighted by molar-refractivity contribution is -0.129. The second-order valence-electron chi connectivity index (χ2n) is 5.76. The molecule has 140 valence electrons. The Labute approximate surface area is 148 Å². The van der Waals surface area contributed by atoms with E-state index < -0.39 is 16.1 Å². The predicted molar refractivity (Wildman–Crippen MR) is 92.6 cm³/mol. The number of methoxy groups -OCH3 is 1. The van der Waals surface area contributed by atoms with Gasteiger partial charge in [-0.15, -0.1) is 0 Å². The van der Waals surface area contributed by atoms with Gasteiger partial charge in [-0.25, -0.2) is 13.1 Å². The Morgan fingerprint density at radius 1 is 1.44 bits per heavy atom. The first-order valence-electron chi connectivity index (χ1n) is 8.14. The van der Waals surface area contributed by atoms with Crippen molar-refractivity contribution in [1.82, 2.24) is 15.4 Å². The van der Waals surface area contributed by atoms with Gasteiger partial charge in [0.1, 0.15) is 6.04 Å². The van der Waals surface area contributed by atoms with Crippen molar-refractivity contribution in [2.45, 2.75) is 30.5 Å². The molecule has 1 aromatic rings. The van der Waals surface area contributed by atoms with E-state index in [1.54, 1.807) is 18.2 Å². The van der Waals surface area contributed by atoms with Gasteiger partial charge < -0.3 is 20.1 Å². The monoisotopic (exact) mass is 371 g/mol. The molecule has 8 nitrogen and oxygen atoms in total. The molecule has 1 saturated heterocycles. The second-order valence-corrected chi connectivity index (χ2v) is 7.53. The van der Waals surface area contributed by atoms with Crippen LogP contribution in [0.5, 0.6) is 0 Å². The molecule has 0 radical (unpaired) electrons. The highest BCUT2D eigenvalue weighted by Crippen LogP contribution is 2.12. The van der Waals surface area contributed by atoms with E-state index in [1.165, 1.54) is 13.2 Å². The van der Waals surface area contributed by atoms with Crippen LogP contribution in [0.25, 0.3) is 0 Å². The summed E-state index contributed by atoms with van der Waals surface area (Å²) in [6.45, 7) is 3.79. The van der Waals surface area contributed by atoms with Crippen molar-refractivity contribution in [3.8, 4) is 0 Å². The van der Waals surface area contributed by atoms with Gasteiger partial charge in [0, 0.05) is 26.7 Å². The molecule has 0 saturated carbocycles. The third-order valence-electron chi connectivity index (χ3n) is 3.87. The average Bonchev–Trinajstić information content (AvgIpc) is 2.60. The fraction of sp³-hybridized carbons (Fsp3) is 0.562. The van der Waals surface area contributed by atoms with Gasteiger partial charge in [0.2, 0.25) is 15.9 Å². The molecular weight excluding hydrogens is 346 g/mol. The van der Waals surface area contributed by atoms with Gasteiger partial charge in [0.05, 0.1) is 24.2 Å². The molecule has 1 amide bonds. The van der Waals surface area contributed by atoms with Crippen LogP contribution in [0, 0.1) is 0 Å². The topological polar surface area (TPSA) is 106 Å². The first-order valence-corrected chi connectivity index (χ1v) is 9.62. The highest BCUT2D eigenvalue weighted by atomic mass is 32.2. The molecule has 1 aliphatic heterocycles. The number of sulfonamides is 1. The number of morpholine rings is 1. The van der Waals surface area contributed by atoms with Crippen LogP contribution >= 0.6 is 0 Å². The van der Waals surface area contributed by atoms with Crippen LogP contribution in [0.1, 0.15) is 12.5 Å². The molecule has 1 heterocycles. The largest absolute Gasteiger partial charge is 0.383 e. The van der Waals surface area contributed by atoms with Gasteiger partial charge >= 0.3 is 0 Å². The van der Waals surface area contributed by atoms with Crippen molar-refractivity contribution in [3.63, 3.8) is 0 Å². The number of carbonyl (C=O) groups excluding carboxylic acids is 1. The molecule has 25 heavy (non-hydrogen) atoms. The Morgan fingerprint density at radius 3 is 2.96 bits per heavy atom. The van der Waals surface area contributed by atoms with Crippen molar-refractivity contribution in [3.05, 3.63) is 29.8 Å². The van der Waals surface area contributed by atoms with Gasteiger partial charge in [-0.3, -0.25) is 4.79 Å². The fourth-order valence-electron chi connectivity index (χ4n) is 2.51. The minimum absolute atomic E-state index is 0.155.